The Kier molecular flexibility index (Phi) is 5.48. The van der Waals surface area contributed by atoms with Gasteiger partial charge in [-0.05, 0) is 63.4 Å². The van der Waals surface area contributed by atoms with E-state index in [1.807, 2.05) is 26.0 Å². The topological polar surface area (TPSA) is 81.4 Å². The third-order valence-electron chi connectivity index (χ3n) is 5.25. The van der Waals surface area contributed by atoms with Gasteiger partial charge in [-0.1, -0.05) is 5.16 Å². The number of rotatable bonds is 4. The number of likely N-dealkylation sites (tertiary alicyclic amines) is 1. The molecule has 3 aromatic rings. The second-order valence-corrected chi connectivity index (χ2v) is 7.63. The highest BCUT2D eigenvalue weighted by Gasteiger charge is 2.32. The Labute approximate surface area is 173 Å². The van der Waals surface area contributed by atoms with Gasteiger partial charge >= 0.3 is 0 Å². The molecule has 4 rings (SSSR count). The lowest BCUT2D eigenvalue weighted by Gasteiger charge is -2.38. The van der Waals surface area contributed by atoms with Crippen LogP contribution in [0, 0.1) is 19.7 Å². The summed E-state index contributed by atoms with van der Waals surface area (Å²) in [6, 6.07) is 7.77. The average Bonchev–Trinajstić information content (AvgIpc) is 3.15. The van der Waals surface area contributed by atoms with Crippen molar-refractivity contribution in [2.45, 2.75) is 45.8 Å². The molecule has 0 aliphatic carbocycles. The number of benzene rings is 1. The van der Waals surface area contributed by atoms with Gasteiger partial charge in [0.1, 0.15) is 11.9 Å². The minimum Gasteiger partial charge on any atom is -0.472 e. The maximum Gasteiger partial charge on any atom is 0.258 e. The molecule has 0 N–H and O–H groups in total. The molecule has 1 aliphatic rings. The van der Waals surface area contributed by atoms with Crippen molar-refractivity contribution in [2.75, 3.05) is 6.54 Å². The number of piperidine rings is 1. The van der Waals surface area contributed by atoms with E-state index in [9.17, 15) is 9.18 Å². The predicted molar refractivity (Wildman–Crippen MR) is 108 cm³/mol. The highest BCUT2D eigenvalue weighted by atomic mass is 19.1. The average molecular weight is 410 g/mol. The molecule has 2 aromatic heterocycles. The molecule has 3 heterocycles. The second-order valence-electron chi connectivity index (χ2n) is 7.63. The molecule has 30 heavy (non-hydrogen) atoms. The van der Waals surface area contributed by atoms with Crippen LogP contribution in [-0.4, -0.2) is 44.6 Å². The number of hydrogen-bond donors (Lipinski definition) is 0. The lowest BCUT2D eigenvalue weighted by Crippen LogP contribution is -2.49. The van der Waals surface area contributed by atoms with Gasteiger partial charge in [-0.25, -0.2) is 9.37 Å². The molecule has 1 amide bonds. The van der Waals surface area contributed by atoms with E-state index in [-0.39, 0.29) is 29.5 Å². The fourth-order valence-electron chi connectivity index (χ4n) is 3.64. The van der Waals surface area contributed by atoms with Crippen LogP contribution in [0.1, 0.15) is 41.5 Å². The first kappa shape index (κ1) is 20.0. The molecule has 1 saturated heterocycles. The van der Waals surface area contributed by atoms with E-state index in [1.165, 1.54) is 18.2 Å². The normalized spacial score (nSPS) is 19.0. The molecule has 1 aliphatic heterocycles. The number of carbonyl (C=O) groups is 1. The zero-order valence-corrected chi connectivity index (χ0v) is 17.1. The maximum atomic E-state index is 13.9. The zero-order valence-electron chi connectivity index (χ0n) is 17.1. The van der Waals surface area contributed by atoms with Gasteiger partial charge < -0.3 is 14.2 Å². The van der Waals surface area contributed by atoms with Crippen LogP contribution in [0.5, 0.6) is 5.88 Å². The van der Waals surface area contributed by atoms with Crippen molar-refractivity contribution in [2.24, 2.45) is 0 Å². The first-order valence-corrected chi connectivity index (χ1v) is 9.91. The molecule has 156 valence electrons. The van der Waals surface area contributed by atoms with Gasteiger partial charge in [-0.2, -0.15) is 4.98 Å². The van der Waals surface area contributed by atoms with E-state index < -0.39 is 5.82 Å². The second kappa shape index (κ2) is 8.22. The third kappa shape index (κ3) is 4.17. The number of aryl methyl sites for hydroxylation is 2. The summed E-state index contributed by atoms with van der Waals surface area (Å²) in [4.78, 5) is 23.6. The minimum absolute atomic E-state index is 0.0187. The molecule has 8 heteroatoms. The minimum atomic E-state index is -0.476. The Hall–Kier alpha value is -3.29. The van der Waals surface area contributed by atoms with Gasteiger partial charge in [0.15, 0.2) is 5.82 Å². The predicted octanol–water partition coefficient (Wildman–Crippen LogP) is 3.96. The van der Waals surface area contributed by atoms with E-state index in [0.29, 0.717) is 23.8 Å². The number of pyridine rings is 1. The van der Waals surface area contributed by atoms with Crippen molar-refractivity contribution in [1.82, 2.24) is 20.0 Å². The van der Waals surface area contributed by atoms with Crippen molar-refractivity contribution >= 4 is 5.91 Å². The summed E-state index contributed by atoms with van der Waals surface area (Å²) in [6.07, 6.45) is 3.14. The Bertz CT molecular complexity index is 1070. The quantitative estimate of drug-likeness (QED) is 0.648. The Morgan fingerprint density at radius 1 is 1.23 bits per heavy atom. The molecule has 0 radical (unpaired) electrons. The van der Waals surface area contributed by atoms with Crippen LogP contribution < -0.4 is 4.74 Å². The summed E-state index contributed by atoms with van der Waals surface area (Å²) in [5.41, 5.74) is 1.67. The lowest BCUT2D eigenvalue weighted by molar-refractivity contribution is 0.0373. The van der Waals surface area contributed by atoms with E-state index in [1.54, 1.807) is 18.0 Å². The van der Waals surface area contributed by atoms with Crippen LogP contribution in [0.2, 0.25) is 0 Å². The van der Waals surface area contributed by atoms with E-state index in [0.717, 1.165) is 18.4 Å². The Balaban J connectivity index is 1.59. The van der Waals surface area contributed by atoms with Crippen molar-refractivity contribution < 1.29 is 18.4 Å². The third-order valence-corrected chi connectivity index (χ3v) is 5.25. The summed E-state index contributed by atoms with van der Waals surface area (Å²) >= 11 is 0. The van der Waals surface area contributed by atoms with Crippen LogP contribution in [0.25, 0.3) is 11.5 Å². The number of nitrogens with zero attached hydrogens (tertiary/aromatic N) is 4. The number of hydrogen-bond acceptors (Lipinski definition) is 6. The molecule has 2 atom stereocenters. The molecular weight excluding hydrogens is 387 g/mol. The van der Waals surface area contributed by atoms with E-state index in [4.69, 9.17) is 9.26 Å². The molecule has 1 fully saturated rings. The fraction of sp³-hybridized carbons (Fsp3) is 0.364. The lowest BCUT2D eigenvalue weighted by atomic mass is 9.98. The summed E-state index contributed by atoms with van der Waals surface area (Å²) in [7, 11) is 0. The summed E-state index contributed by atoms with van der Waals surface area (Å²) in [5.74, 6) is 0.385. The number of ether oxygens (including phenoxy) is 1. The van der Waals surface area contributed by atoms with Gasteiger partial charge in [0.05, 0.1) is 17.7 Å². The SMILES string of the molecule is Cc1ccnc(O[C@@H]2CC[C@@H](C)N(C(=O)c3ccc(F)cc3-c3nc(C)no3)C2)c1. The largest absolute Gasteiger partial charge is 0.472 e. The molecule has 0 unspecified atom stereocenters. The Morgan fingerprint density at radius 3 is 2.80 bits per heavy atom. The van der Waals surface area contributed by atoms with E-state index in [2.05, 4.69) is 15.1 Å². The number of amides is 1. The molecule has 0 spiro atoms. The maximum absolute atomic E-state index is 13.9. The summed E-state index contributed by atoms with van der Waals surface area (Å²) in [6.45, 7) is 6.05. The first-order chi connectivity index (χ1) is 14.4. The first-order valence-electron chi connectivity index (χ1n) is 9.91. The Morgan fingerprint density at radius 2 is 2.07 bits per heavy atom. The van der Waals surface area contributed by atoms with Crippen molar-refractivity contribution in [1.29, 1.82) is 0 Å². The number of carbonyl (C=O) groups excluding carboxylic acids is 1. The van der Waals surface area contributed by atoms with Gasteiger partial charge in [-0.3, -0.25) is 4.79 Å². The van der Waals surface area contributed by atoms with Crippen LogP contribution in [0.4, 0.5) is 4.39 Å². The highest BCUT2D eigenvalue weighted by molar-refractivity contribution is 6.00. The van der Waals surface area contributed by atoms with Crippen molar-refractivity contribution in [3.05, 3.63) is 59.3 Å². The standard InChI is InChI=1S/C22H23FN4O3/c1-13-8-9-24-20(10-13)29-17-6-4-14(2)27(12-17)22(28)18-7-5-16(23)11-19(18)21-25-15(3)26-30-21/h5,7-11,14,17H,4,6,12H2,1-3H3/t14-,17-/m1/s1. The monoisotopic (exact) mass is 410 g/mol. The molecule has 0 bridgehead atoms. The van der Waals surface area contributed by atoms with Crippen molar-refractivity contribution in [3.8, 4) is 17.3 Å². The molecular formula is C22H23FN4O3. The molecule has 7 nitrogen and oxygen atoms in total. The van der Waals surface area contributed by atoms with E-state index >= 15 is 0 Å². The van der Waals surface area contributed by atoms with Crippen LogP contribution in [0.15, 0.2) is 41.1 Å². The van der Waals surface area contributed by atoms with Gasteiger partial charge in [0.2, 0.25) is 5.88 Å². The molecule has 0 saturated carbocycles. The van der Waals surface area contributed by atoms with Crippen LogP contribution >= 0.6 is 0 Å². The smallest absolute Gasteiger partial charge is 0.258 e. The highest BCUT2D eigenvalue weighted by Crippen LogP contribution is 2.28. The summed E-state index contributed by atoms with van der Waals surface area (Å²) in [5, 5.41) is 3.76. The fourth-order valence-corrected chi connectivity index (χ4v) is 3.64. The number of halogens is 1. The van der Waals surface area contributed by atoms with Gasteiger partial charge in [-0.15, -0.1) is 0 Å². The van der Waals surface area contributed by atoms with Gasteiger partial charge in [0, 0.05) is 18.3 Å². The van der Waals surface area contributed by atoms with Crippen molar-refractivity contribution in [3.63, 3.8) is 0 Å². The van der Waals surface area contributed by atoms with Crippen LogP contribution in [-0.2, 0) is 0 Å². The zero-order chi connectivity index (χ0) is 21.3. The summed E-state index contributed by atoms with van der Waals surface area (Å²) < 4.78 is 25.1. The van der Waals surface area contributed by atoms with Gasteiger partial charge in [0.25, 0.3) is 11.8 Å². The number of aromatic nitrogens is 3. The molecule has 1 aromatic carbocycles. The van der Waals surface area contributed by atoms with Crippen LogP contribution in [0.3, 0.4) is 0 Å².